The van der Waals surface area contributed by atoms with Crippen LogP contribution in [0.2, 0.25) is 10.0 Å². The lowest BCUT2D eigenvalue weighted by Gasteiger charge is -2.19. The minimum atomic E-state index is -0.365. The average Bonchev–Trinajstić information content (AvgIpc) is 2.47. The molecule has 0 saturated carbocycles. The molecule has 0 amide bonds. The Balaban J connectivity index is 2.32. The Kier molecular flexibility index (Phi) is 5.42. The lowest BCUT2D eigenvalue weighted by molar-refractivity contribution is 0.398. The maximum Gasteiger partial charge on any atom is 0.127 e. The fourth-order valence-electron chi connectivity index (χ4n) is 2.14. The summed E-state index contributed by atoms with van der Waals surface area (Å²) in [5.74, 6) is 5.84. The number of benzene rings is 2. The number of methoxy groups -OCH3 is 1. The van der Waals surface area contributed by atoms with Crippen molar-refractivity contribution in [1.29, 1.82) is 0 Å². The molecule has 0 aliphatic heterocycles. The molecule has 3 nitrogen and oxygen atoms in total. The number of halogens is 3. The van der Waals surface area contributed by atoms with Gasteiger partial charge in [0.15, 0.2) is 0 Å². The van der Waals surface area contributed by atoms with Crippen molar-refractivity contribution in [2.75, 3.05) is 7.11 Å². The van der Waals surface area contributed by atoms with Gasteiger partial charge in [0.2, 0.25) is 0 Å². The smallest absolute Gasteiger partial charge is 0.127 e. The van der Waals surface area contributed by atoms with E-state index >= 15 is 0 Å². The zero-order valence-corrected chi connectivity index (χ0v) is 12.9. The van der Waals surface area contributed by atoms with Crippen molar-refractivity contribution in [3.63, 3.8) is 0 Å². The van der Waals surface area contributed by atoms with E-state index in [1.165, 1.54) is 6.07 Å². The number of hydrazine groups is 1. The minimum absolute atomic E-state index is 0.312. The highest BCUT2D eigenvalue weighted by Crippen LogP contribution is 2.30. The van der Waals surface area contributed by atoms with Crippen LogP contribution in [0.15, 0.2) is 36.4 Å². The Morgan fingerprint density at radius 2 is 1.86 bits per heavy atom. The van der Waals surface area contributed by atoms with E-state index in [2.05, 4.69) is 5.43 Å². The third-order valence-electron chi connectivity index (χ3n) is 3.21. The Morgan fingerprint density at radius 1 is 1.19 bits per heavy atom. The maximum absolute atomic E-state index is 13.9. The van der Waals surface area contributed by atoms with Crippen LogP contribution in [0.3, 0.4) is 0 Å². The second kappa shape index (κ2) is 7.09. The van der Waals surface area contributed by atoms with Crippen LogP contribution in [0.1, 0.15) is 17.2 Å². The minimum Gasteiger partial charge on any atom is -0.496 e. The summed E-state index contributed by atoms with van der Waals surface area (Å²) in [6.07, 6.45) is 0.359. The molecule has 2 rings (SSSR count). The van der Waals surface area contributed by atoms with E-state index in [9.17, 15) is 4.39 Å². The Hall–Kier alpha value is -1.33. The summed E-state index contributed by atoms with van der Waals surface area (Å²) in [5.41, 5.74) is 4.00. The average molecular weight is 329 g/mol. The van der Waals surface area contributed by atoms with E-state index < -0.39 is 0 Å². The summed E-state index contributed by atoms with van der Waals surface area (Å²) < 4.78 is 19.2. The van der Waals surface area contributed by atoms with E-state index in [1.807, 2.05) is 0 Å². The van der Waals surface area contributed by atoms with Crippen molar-refractivity contribution in [1.82, 2.24) is 5.43 Å². The SMILES string of the molecule is COc1cc(Cl)ccc1C(Cc1ccc(Cl)cc1F)NN. The first kappa shape index (κ1) is 16.0. The van der Waals surface area contributed by atoms with Gasteiger partial charge in [0, 0.05) is 15.6 Å². The van der Waals surface area contributed by atoms with E-state index in [-0.39, 0.29) is 11.9 Å². The van der Waals surface area contributed by atoms with Crippen LogP contribution in [0.25, 0.3) is 0 Å². The molecule has 1 unspecified atom stereocenters. The van der Waals surface area contributed by atoms with Crippen molar-refractivity contribution < 1.29 is 9.13 Å². The monoisotopic (exact) mass is 328 g/mol. The Morgan fingerprint density at radius 3 is 2.48 bits per heavy atom. The third kappa shape index (κ3) is 3.86. The maximum atomic E-state index is 13.9. The van der Waals surface area contributed by atoms with Crippen molar-refractivity contribution in [2.24, 2.45) is 5.84 Å². The van der Waals surface area contributed by atoms with E-state index in [0.29, 0.717) is 27.8 Å². The van der Waals surface area contributed by atoms with E-state index in [0.717, 1.165) is 5.56 Å². The van der Waals surface area contributed by atoms with E-state index in [4.69, 9.17) is 33.8 Å². The standard InChI is InChI=1S/C15H15Cl2FN2O/c1-21-15-8-11(17)4-5-12(15)14(20-19)6-9-2-3-10(16)7-13(9)18/h2-5,7-8,14,20H,6,19H2,1H3. The molecule has 0 radical (unpaired) electrons. The summed E-state index contributed by atoms with van der Waals surface area (Å²) >= 11 is 11.7. The summed E-state index contributed by atoms with van der Waals surface area (Å²) in [4.78, 5) is 0. The van der Waals surface area contributed by atoms with Crippen molar-refractivity contribution in [2.45, 2.75) is 12.5 Å². The number of nitrogens with one attached hydrogen (secondary N) is 1. The predicted octanol–water partition coefficient (Wildman–Crippen LogP) is 3.89. The molecule has 2 aromatic rings. The van der Waals surface area contributed by atoms with Crippen LogP contribution in [0, 0.1) is 5.82 Å². The van der Waals surface area contributed by atoms with Gasteiger partial charge >= 0.3 is 0 Å². The first-order chi connectivity index (χ1) is 10.0. The van der Waals surface area contributed by atoms with Gasteiger partial charge in [-0.05, 0) is 36.2 Å². The molecule has 0 bridgehead atoms. The largest absolute Gasteiger partial charge is 0.496 e. The molecule has 3 N–H and O–H groups in total. The van der Waals surface area contributed by atoms with Crippen LogP contribution in [0.4, 0.5) is 4.39 Å². The quantitative estimate of drug-likeness (QED) is 0.646. The molecule has 6 heteroatoms. The van der Waals surface area contributed by atoms with Gasteiger partial charge in [-0.3, -0.25) is 11.3 Å². The first-order valence-corrected chi connectivity index (χ1v) is 7.04. The summed E-state index contributed by atoms with van der Waals surface area (Å²) in [6.45, 7) is 0. The summed E-state index contributed by atoms with van der Waals surface area (Å²) in [7, 11) is 1.55. The number of ether oxygens (including phenoxy) is 1. The predicted molar refractivity (Wildman–Crippen MR) is 83.2 cm³/mol. The van der Waals surface area contributed by atoms with Gasteiger partial charge in [-0.15, -0.1) is 0 Å². The Labute approximate surface area is 132 Å². The van der Waals surface area contributed by atoms with Gasteiger partial charge in [0.05, 0.1) is 13.2 Å². The van der Waals surface area contributed by atoms with Gasteiger partial charge in [-0.25, -0.2) is 4.39 Å². The molecule has 1 atom stereocenters. The van der Waals surface area contributed by atoms with Crippen molar-refractivity contribution in [3.05, 3.63) is 63.4 Å². The molecule has 112 valence electrons. The van der Waals surface area contributed by atoms with E-state index in [1.54, 1.807) is 37.4 Å². The molecule has 0 heterocycles. The summed E-state index contributed by atoms with van der Waals surface area (Å²) in [6, 6.07) is 9.49. The van der Waals surface area contributed by atoms with Crippen molar-refractivity contribution in [3.8, 4) is 5.75 Å². The topological polar surface area (TPSA) is 47.3 Å². The number of hydrogen-bond donors (Lipinski definition) is 2. The molecular weight excluding hydrogens is 314 g/mol. The van der Waals surface area contributed by atoms with Crippen LogP contribution < -0.4 is 16.0 Å². The van der Waals surface area contributed by atoms with Crippen molar-refractivity contribution >= 4 is 23.2 Å². The zero-order valence-electron chi connectivity index (χ0n) is 11.4. The normalized spacial score (nSPS) is 12.2. The Bertz CT molecular complexity index is 637. The highest BCUT2D eigenvalue weighted by atomic mass is 35.5. The molecule has 2 aromatic carbocycles. The molecule has 0 fully saturated rings. The number of hydrogen-bond acceptors (Lipinski definition) is 3. The second-order valence-corrected chi connectivity index (χ2v) is 5.42. The molecule has 0 spiro atoms. The lowest BCUT2D eigenvalue weighted by Crippen LogP contribution is -2.30. The van der Waals surface area contributed by atoms with Gasteiger partial charge in [0.25, 0.3) is 0 Å². The fourth-order valence-corrected chi connectivity index (χ4v) is 2.46. The molecule has 0 aromatic heterocycles. The molecule has 0 saturated heterocycles. The van der Waals surface area contributed by atoms with Gasteiger partial charge < -0.3 is 4.74 Å². The summed E-state index contributed by atoms with van der Waals surface area (Å²) in [5, 5.41) is 0.918. The first-order valence-electron chi connectivity index (χ1n) is 6.28. The van der Waals surface area contributed by atoms with Crippen LogP contribution in [-0.2, 0) is 6.42 Å². The molecule has 0 aliphatic carbocycles. The third-order valence-corrected chi connectivity index (χ3v) is 3.68. The highest BCUT2D eigenvalue weighted by molar-refractivity contribution is 6.30. The zero-order chi connectivity index (χ0) is 15.4. The highest BCUT2D eigenvalue weighted by Gasteiger charge is 2.17. The lowest BCUT2D eigenvalue weighted by atomic mass is 9.98. The van der Waals surface area contributed by atoms with Crippen LogP contribution in [0.5, 0.6) is 5.75 Å². The van der Waals surface area contributed by atoms with Gasteiger partial charge in [0.1, 0.15) is 11.6 Å². The molecular formula is C15H15Cl2FN2O. The fraction of sp³-hybridized carbons (Fsp3) is 0.200. The van der Waals surface area contributed by atoms with Crippen LogP contribution in [-0.4, -0.2) is 7.11 Å². The van der Waals surface area contributed by atoms with Gasteiger partial charge in [-0.1, -0.05) is 35.3 Å². The van der Waals surface area contributed by atoms with Gasteiger partial charge in [-0.2, -0.15) is 0 Å². The second-order valence-electron chi connectivity index (χ2n) is 4.55. The molecule has 21 heavy (non-hydrogen) atoms. The van der Waals surface area contributed by atoms with Crippen LogP contribution >= 0.6 is 23.2 Å². The number of rotatable bonds is 5. The number of nitrogens with two attached hydrogens (primary N) is 1. The molecule has 0 aliphatic rings.